The molecule has 0 aliphatic rings. The average molecular weight is 323 g/mol. The van der Waals surface area contributed by atoms with Gasteiger partial charge in [0.1, 0.15) is 10.7 Å². The molecule has 0 heterocycles. The summed E-state index contributed by atoms with van der Waals surface area (Å²) in [6.45, 7) is 3.43. The lowest BCUT2D eigenvalue weighted by atomic mass is 10.1. The fraction of sp³-hybridized carbons (Fsp3) is 0.133. The maximum absolute atomic E-state index is 13.8. The molecule has 2 aromatic rings. The second-order valence-electron chi connectivity index (χ2n) is 4.82. The molecule has 116 valence electrons. The predicted molar refractivity (Wildman–Crippen MR) is 80.1 cm³/mol. The molecule has 0 saturated heterocycles. The topological polar surface area (TPSA) is 83.5 Å². The Balaban J connectivity index is 2.52. The molecule has 0 aliphatic carbocycles. The number of para-hydroxylation sites is 1. The number of hydrogen-bond acceptors (Lipinski definition) is 3. The predicted octanol–water partition coefficient (Wildman–Crippen LogP) is 2.94. The number of nitrogens with one attached hydrogen (secondary N) is 1. The highest BCUT2D eigenvalue weighted by molar-refractivity contribution is 7.92. The Bertz CT molecular complexity index is 826. The molecule has 0 unspecified atom stereocenters. The van der Waals surface area contributed by atoms with Crippen LogP contribution in [0.3, 0.4) is 0 Å². The van der Waals surface area contributed by atoms with E-state index in [0.29, 0.717) is 16.8 Å². The summed E-state index contributed by atoms with van der Waals surface area (Å²) in [4.78, 5) is 10.2. The Kier molecular flexibility index (Phi) is 4.18. The van der Waals surface area contributed by atoms with Crippen molar-refractivity contribution in [3.63, 3.8) is 0 Å². The molecule has 0 bridgehead atoms. The van der Waals surface area contributed by atoms with E-state index in [2.05, 4.69) is 4.72 Å². The summed E-state index contributed by atoms with van der Waals surface area (Å²) >= 11 is 0. The molecule has 7 heteroatoms. The summed E-state index contributed by atoms with van der Waals surface area (Å²) in [5.41, 5.74) is 1.41. The number of anilines is 1. The number of aryl methyl sites for hydroxylation is 2. The lowest BCUT2D eigenvalue weighted by Gasteiger charge is -2.14. The Morgan fingerprint density at radius 1 is 1.14 bits per heavy atom. The number of carboxylic acid groups (broad SMARTS) is 1. The van der Waals surface area contributed by atoms with Crippen LogP contribution in [-0.2, 0) is 10.0 Å². The fourth-order valence-corrected chi connectivity index (χ4v) is 3.31. The molecule has 0 saturated carbocycles. The molecule has 5 nitrogen and oxygen atoms in total. The van der Waals surface area contributed by atoms with Crippen LogP contribution < -0.4 is 4.72 Å². The number of aromatic carboxylic acids is 1. The molecule has 0 spiro atoms. The van der Waals surface area contributed by atoms with E-state index in [1.807, 2.05) is 0 Å². The van der Waals surface area contributed by atoms with Crippen molar-refractivity contribution < 1.29 is 22.7 Å². The maximum atomic E-state index is 13.8. The molecule has 2 N–H and O–H groups in total. The zero-order chi connectivity index (χ0) is 16.5. The first-order chi connectivity index (χ1) is 10.2. The van der Waals surface area contributed by atoms with Crippen molar-refractivity contribution in [2.24, 2.45) is 0 Å². The molecule has 0 amide bonds. The standard InChI is InChI=1S/C15H14FNO4S/c1-9-4-3-5-10(2)14(9)17-22(20,21)13-8-11(15(18)19)6-7-12(13)16/h3-8,17H,1-2H3,(H,18,19). The van der Waals surface area contributed by atoms with Gasteiger partial charge in [-0.05, 0) is 43.2 Å². The number of benzene rings is 2. The summed E-state index contributed by atoms with van der Waals surface area (Å²) in [6.07, 6.45) is 0. The minimum atomic E-state index is -4.23. The van der Waals surface area contributed by atoms with Crippen molar-refractivity contribution in [1.29, 1.82) is 0 Å². The molecule has 0 aliphatic heterocycles. The van der Waals surface area contributed by atoms with Crippen LogP contribution in [0.4, 0.5) is 10.1 Å². The van der Waals surface area contributed by atoms with Gasteiger partial charge in [-0.25, -0.2) is 17.6 Å². The number of carbonyl (C=O) groups is 1. The number of hydrogen-bond donors (Lipinski definition) is 2. The van der Waals surface area contributed by atoms with Gasteiger partial charge in [0, 0.05) is 0 Å². The molecule has 0 fully saturated rings. The Morgan fingerprint density at radius 3 is 2.27 bits per heavy atom. The van der Waals surface area contributed by atoms with Crippen LogP contribution in [0.25, 0.3) is 0 Å². The van der Waals surface area contributed by atoms with Crippen molar-refractivity contribution in [2.75, 3.05) is 4.72 Å². The Labute approximate surface area is 127 Å². The summed E-state index contributed by atoms with van der Waals surface area (Å²) in [7, 11) is -4.23. The molecule has 2 rings (SSSR count). The van der Waals surface area contributed by atoms with Gasteiger partial charge < -0.3 is 5.11 Å². The minimum absolute atomic E-state index is 0.303. The van der Waals surface area contributed by atoms with Gasteiger partial charge in [-0.1, -0.05) is 18.2 Å². The number of rotatable bonds is 4. The van der Waals surface area contributed by atoms with Crippen molar-refractivity contribution in [1.82, 2.24) is 0 Å². The Morgan fingerprint density at radius 2 is 1.73 bits per heavy atom. The highest BCUT2D eigenvalue weighted by Gasteiger charge is 2.22. The number of halogens is 1. The summed E-state index contributed by atoms with van der Waals surface area (Å²) in [5.74, 6) is -2.34. The van der Waals surface area contributed by atoms with E-state index in [4.69, 9.17) is 5.11 Å². The quantitative estimate of drug-likeness (QED) is 0.906. The van der Waals surface area contributed by atoms with Crippen LogP contribution in [-0.4, -0.2) is 19.5 Å². The van der Waals surface area contributed by atoms with Gasteiger partial charge >= 0.3 is 5.97 Å². The lowest BCUT2D eigenvalue weighted by molar-refractivity contribution is 0.0696. The molecule has 2 aromatic carbocycles. The van der Waals surface area contributed by atoms with Crippen LogP contribution in [0.1, 0.15) is 21.5 Å². The van der Waals surface area contributed by atoms with Gasteiger partial charge in [0.15, 0.2) is 0 Å². The van der Waals surface area contributed by atoms with Gasteiger partial charge in [0.2, 0.25) is 0 Å². The second kappa shape index (κ2) is 5.76. The monoisotopic (exact) mass is 323 g/mol. The lowest BCUT2D eigenvalue weighted by Crippen LogP contribution is -2.17. The summed E-state index contributed by atoms with van der Waals surface area (Å²) in [6, 6.07) is 7.84. The molecule has 0 atom stereocenters. The van der Waals surface area contributed by atoms with Crippen molar-refractivity contribution in [3.8, 4) is 0 Å². The van der Waals surface area contributed by atoms with E-state index in [-0.39, 0.29) is 5.56 Å². The molecule has 0 radical (unpaired) electrons. The molecular weight excluding hydrogens is 309 g/mol. The van der Waals surface area contributed by atoms with Crippen LogP contribution >= 0.6 is 0 Å². The normalized spacial score (nSPS) is 11.2. The van der Waals surface area contributed by atoms with Crippen LogP contribution in [0, 0.1) is 19.7 Å². The van der Waals surface area contributed by atoms with Gasteiger partial charge in [-0.15, -0.1) is 0 Å². The minimum Gasteiger partial charge on any atom is -0.478 e. The second-order valence-corrected chi connectivity index (χ2v) is 6.47. The van der Waals surface area contributed by atoms with E-state index in [1.54, 1.807) is 32.0 Å². The first-order valence-electron chi connectivity index (χ1n) is 6.34. The zero-order valence-electron chi connectivity index (χ0n) is 11.9. The van der Waals surface area contributed by atoms with Crippen molar-refractivity contribution in [2.45, 2.75) is 18.7 Å². The number of sulfonamides is 1. The fourth-order valence-electron chi connectivity index (χ4n) is 2.01. The van der Waals surface area contributed by atoms with Crippen LogP contribution in [0.15, 0.2) is 41.3 Å². The summed E-state index contributed by atoms with van der Waals surface area (Å²) < 4.78 is 40.9. The summed E-state index contributed by atoms with van der Waals surface area (Å²) in [5, 5.41) is 8.91. The van der Waals surface area contributed by atoms with Crippen LogP contribution in [0.2, 0.25) is 0 Å². The van der Waals surface area contributed by atoms with E-state index in [0.717, 1.165) is 18.2 Å². The first kappa shape index (κ1) is 16.0. The number of carboxylic acids is 1. The average Bonchev–Trinajstić information content (AvgIpc) is 2.43. The highest BCUT2D eigenvalue weighted by atomic mass is 32.2. The molecular formula is C15H14FNO4S. The maximum Gasteiger partial charge on any atom is 0.335 e. The highest BCUT2D eigenvalue weighted by Crippen LogP contribution is 2.25. The third-order valence-electron chi connectivity index (χ3n) is 3.19. The first-order valence-corrected chi connectivity index (χ1v) is 7.82. The zero-order valence-corrected chi connectivity index (χ0v) is 12.7. The van der Waals surface area contributed by atoms with Gasteiger partial charge in [0.05, 0.1) is 11.3 Å². The SMILES string of the molecule is Cc1cccc(C)c1NS(=O)(=O)c1cc(C(=O)O)ccc1F. The van der Waals surface area contributed by atoms with E-state index >= 15 is 0 Å². The largest absolute Gasteiger partial charge is 0.478 e. The van der Waals surface area contributed by atoms with E-state index < -0.39 is 26.7 Å². The van der Waals surface area contributed by atoms with E-state index in [9.17, 15) is 17.6 Å². The van der Waals surface area contributed by atoms with Crippen molar-refractivity contribution >= 4 is 21.7 Å². The molecule has 0 aromatic heterocycles. The van der Waals surface area contributed by atoms with Gasteiger partial charge in [-0.3, -0.25) is 4.72 Å². The molecule has 22 heavy (non-hydrogen) atoms. The smallest absolute Gasteiger partial charge is 0.335 e. The van der Waals surface area contributed by atoms with Gasteiger partial charge in [0.25, 0.3) is 10.0 Å². The van der Waals surface area contributed by atoms with Crippen LogP contribution in [0.5, 0.6) is 0 Å². The third-order valence-corrected chi connectivity index (χ3v) is 4.55. The van der Waals surface area contributed by atoms with Gasteiger partial charge in [-0.2, -0.15) is 0 Å². The third kappa shape index (κ3) is 3.09. The van der Waals surface area contributed by atoms with E-state index in [1.165, 1.54) is 0 Å². The van der Waals surface area contributed by atoms with Crippen molar-refractivity contribution in [3.05, 3.63) is 58.9 Å². The Hall–Kier alpha value is -2.41.